The molecule has 2 heterocycles. The lowest BCUT2D eigenvalue weighted by Crippen LogP contribution is -2.32. The van der Waals surface area contributed by atoms with E-state index in [-0.39, 0.29) is 5.69 Å². The maximum Gasteiger partial charge on any atom is 0.348 e. The quantitative estimate of drug-likeness (QED) is 0.830. The molecule has 0 bridgehead atoms. The Morgan fingerprint density at radius 2 is 2.33 bits per heavy atom. The van der Waals surface area contributed by atoms with Gasteiger partial charge in [-0.2, -0.15) is 5.10 Å². The van der Waals surface area contributed by atoms with Gasteiger partial charge in [-0.3, -0.25) is 0 Å². The van der Waals surface area contributed by atoms with E-state index in [1.807, 2.05) is 0 Å². The van der Waals surface area contributed by atoms with Gasteiger partial charge in [-0.15, -0.1) is 11.6 Å². The normalized spacial score (nSPS) is 11.3. The van der Waals surface area contributed by atoms with Crippen LogP contribution in [0.5, 0.6) is 0 Å². The van der Waals surface area contributed by atoms with Crippen molar-refractivity contribution < 1.29 is 0 Å². The summed E-state index contributed by atoms with van der Waals surface area (Å²) in [6.07, 6.45) is 2.38. The van der Waals surface area contributed by atoms with Crippen LogP contribution in [0, 0.1) is 0 Å². The summed E-state index contributed by atoms with van der Waals surface area (Å²) in [5, 5.41) is 6.33. The van der Waals surface area contributed by atoms with Gasteiger partial charge >= 0.3 is 5.69 Å². The lowest BCUT2D eigenvalue weighted by atomic mass is 10.3. The van der Waals surface area contributed by atoms with Gasteiger partial charge in [0, 0.05) is 24.5 Å². The molecule has 0 saturated carbocycles. The Morgan fingerprint density at radius 3 is 3.00 bits per heavy atom. The number of alkyl halides is 1. The van der Waals surface area contributed by atoms with Crippen LogP contribution < -0.4 is 10.6 Å². The number of rotatable bonds is 5. The van der Waals surface area contributed by atoms with Crippen molar-refractivity contribution in [2.75, 3.05) is 17.3 Å². The van der Waals surface area contributed by atoms with Crippen LogP contribution in [0.25, 0.3) is 5.65 Å². The molecule has 0 radical (unpaired) electrons. The van der Waals surface area contributed by atoms with Gasteiger partial charge in [-0.05, 0) is 20.3 Å². The molecule has 0 unspecified atom stereocenters. The molecule has 0 aliphatic carbocycles. The highest BCUT2D eigenvalue weighted by Gasteiger charge is 2.13. The highest BCUT2D eigenvalue weighted by atomic mass is 35.5. The zero-order chi connectivity index (χ0) is 13.1. The summed E-state index contributed by atoms with van der Waals surface area (Å²) in [7, 11) is 0. The van der Waals surface area contributed by atoms with E-state index in [0.29, 0.717) is 17.6 Å². The SMILES string of the molecule is CC(C)N(CCCCl)c1cc2n[nH]c(=O)n2cn1. The van der Waals surface area contributed by atoms with E-state index < -0.39 is 0 Å². The number of nitrogens with one attached hydrogen (secondary N) is 1. The third-order valence-electron chi connectivity index (χ3n) is 2.75. The van der Waals surface area contributed by atoms with Gasteiger partial charge in [-0.1, -0.05) is 0 Å². The van der Waals surface area contributed by atoms with Crippen molar-refractivity contribution in [3.63, 3.8) is 0 Å². The maximum absolute atomic E-state index is 11.3. The molecule has 18 heavy (non-hydrogen) atoms. The third kappa shape index (κ3) is 2.48. The molecule has 6 nitrogen and oxygen atoms in total. The van der Waals surface area contributed by atoms with E-state index in [2.05, 4.69) is 33.9 Å². The molecule has 0 aliphatic heterocycles. The highest BCUT2D eigenvalue weighted by molar-refractivity contribution is 6.17. The van der Waals surface area contributed by atoms with Crippen molar-refractivity contribution in [1.29, 1.82) is 0 Å². The minimum Gasteiger partial charge on any atom is -0.354 e. The Labute approximate surface area is 110 Å². The summed E-state index contributed by atoms with van der Waals surface area (Å²) in [6.45, 7) is 5.02. The Morgan fingerprint density at radius 1 is 1.56 bits per heavy atom. The van der Waals surface area contributed by atoms with Crippen LogP contribution in [-0.4, -0.2) is 38.0 Å². The summed E-state index contributed by atoms with van der Waals surface area (Å²) < 4.78 is 1.38. The van der Waals surface area contributed by atoms with Gasteiger partial charge in [0.2, 0.25) is 0 Å². The fourth-order valence-electron chi connectivity index (χ4n) is 1.82. The second kappa shape index (κ2) is 5.39. The molecule has 98 valence electrons. The number of H-pyrrole nitrogens is 1. The molecular weight excluding hydrogens is 254 g/mol. The predicted molar refractivity (Wildman–Crippen MR) is 71.4 cm³/mol. The molecule has 0 saturated heterocycles. The van der Waals surface area contributed by atoms with Crippen LogP contribution in [0.4, 0.5) is 5.82 Å². The molecular formula is C11H16ClN5O. The standard InChI is InChI=1S/C11H16ClN5O/c1-8(2)16(5-3-4-12)9-6-10-14-15-11(18)17(10)7-13-9/h6-8H,3-5H2,1-2H3,(H,15,18). The molecule has 2 rings (SSSR count). The average Bonchev–Trinajstić information content (AvgIpc) is 2.71. The number of anilines is 1. The zero-order valence-corrected chi connectivity index (χ0v) is 11.2. The van der Waals surface area contributed by atoms with Gasteiger partial charge in [0.1, 0.15) is 12.1 Å². The van der Waals surface area contributed by atoms with Gasteiger partial charge in [-0.25, -0.2) is 19.3 Å². The Balaban J connectivity index is 2.35. The van der Waals surface area contributed by atoms with Crippen molar-refractivity contribution >= 4 is 23.1 Å². The highest BCUT2D eigenvalue weighted by Crippen LogP contribution is 2.15. The van der Waals surface area contributed by atoms with E-state index in [1.54, 1.807) is 6.07 Å². The van der Waals surface area contributed by atoms with Crippen molar-refractivity contribution in [3.05, 3.63) is 22.9 Å². The molecule has 0 aromatic carbocycles. The first kappa shape index (κ1) is 12.9. The molecule has 0 amide bonds. The summed E-state index contributed by atoms with van der Waals surface area (Å²) in [5.41, 5.74) is 0.294. The summed E-state index contributed by atoms with van der Waals surface area (Å²) in [4.78, 5) is 17.8. The van der Waals surface area contributed by atoms with Crippen LogP contribution >= 0.6 is 11.6 Å². The lowest BCUT2D eigenvalue weighted by molar-refractivity contribution is 0.662. The maximum atomic E-state index is 11.3. The molecule has 0 fully saturated rings. The summed E-state index contributed by atoms with van der Waals surface area (Å²) in [6, 6.07) is 2.11. The average molecular weight is 270 g/mol. The fraction of sp³-hybridized carbons (Fsp3) is 0.545. The van der Waals surface area contributed by atoms with Gasteiger partial charge in [0.25, 0.3) is 0 Å². The van der Waals surface area contributed by atoms with E-state index in [0.717, 1.165) is 18.8 Å². The third-order valence-corrected chi connectivity index (χ3v) is 3.01. The first-order chi connectivity index (χ1) is 8.63. The zero-order valence-electron chi connectivity index (χ0n) is 10.4. The minimum absolute atomic E-state index is 0.277. The molecule has 1 N–H and O–H groups in total. The second-order valence-corrected chi connectivity index (χ2v) is 4.71. The largest absolute Gasteiger partial charge is 0.354 e. The van der Waals surface area contributed by atoms with E-state index in [1.165, 1.54) is 10.7 Å². The van der Waals surface area contributed by atoms with Crippen LogP contribution in [0.3, 0.4) is 0 Å². The second-order valence-electron chi connectivity index (χ2n) is 4.33. The van der Waals surface area contributed by atoms with Gasteiger partial charge in [0.05, 0.1) is 0 Å². The van der Waals surface area contributed by atoms with Crippen molar-refractivity contribution in [1.82, 2.24) is 19.6 Å². The molecule has 0 aliphatic rings. The van der Waals surface area contributed by atoms with Gasteiger partial charge in [0.15, 0.2) is 5.65 Å². The topological polar surface area (TPSA) is 66.3 Å². The smallest absolute Gasteiger partial charge is 0.348 e. The number of aromatic nitrogens is 4. The van der Waals surface area contributed by atoms with E-state index >= 15 is 0 Å². The molecule has 2 aromatic heterocycles. The lowest BCUT2D eigenvalue weighted by Gasteiger charge is -2.27. The van der Waals surface area contributed by atoms with E-state index in [4.69, 9.17) is 11.6 Å². The molecule has 2 aromatic rings. The molecule has 0 atom stereocenters. The number of fused-ring (bicyclic) bond motifs is 1. The number of hydrogen-bond donors (Lipinski definition) is 1. The number of aromatic amines is 1. The van der Waals surface area contributed by atoms with Crippen molar-refractivity contribution in [2.24, 2.45) is 0 Å². The molecule has 0 spiro atoms. The fourth-order valence-corrected chi connectivity index (χ4v) is 1.94. The first-order valence-electron chi connectivity index (χ1n) is 5.89. The number of halogens is 1. The van der Waals surface area contributed by atoms with Crippen LogP contribution in [0.2, 0.25) is 0 Å². The Kier molecular flexibility index (Phi) is 3.86. The first-order valence-corrected chi connectivity index (χ1v) is 6.42. The Hall–Kier alpha value is -1.56. The number of nitrogens with zero attached hydrogens (tertiary/aromatic N) is 4. The minimum atomic E-state index is -0.277. The van der Waals surface area contributed by atoms with Crippen LogP contribution in [0.1, 0.15) is 20.3 Å². The summed E-state index contributed by atoms with van der Waals surface area (Å²) >= 11 is 5.73. The predicted octanol–water partition coefficient (Wildman–Crippen LogP) is 1.26. The van der Waals surface area contributed by atoms with Crippen molar-refractivity contribution in [3.8, 4) is 0 Å². The van der Waals surface area contributed by atoms with Crippen LogP contribution in [0.15, 0.2) is 17.2 Å². The summed E-state index contributed by atoms with van der Waals surface area (Å²) in [5.74, 6) is 1.43. The Bertz CT molecular complexity index is 576. The monoisotopic (exact) mass is 269 g/mol. The number of hydrogen-bond acceptors (Lipinski definition) is 4. The van der Waals surface area contributed by atoms with Gasteiger partial charge < -0.3 is 4.90 Å². The molecule has 7 heteroatoms. The van der Waals surface area contributed by atoms with Crippen molar-refractivity contribution in [2.45, 2.75) is 26.3 Å². The van der Waals surface area contributed by atoms with E-state index in [9.17, 15) is 4.79 Å². The van der Waals surface area contributed by atoms with Crippen LogP contribution in [-0.2, 0) is 0 Å².